The number of rotatable bonds is 2. The van der Waals surface area contributed by atoms with E-state index in [2.05, 4.69) is 29.8 Å². The van der Waals surface area contributed by atoms with E-state index in [0.717, 1.165) is 16.6 Å². The van der Waals surface area contributed by atoms with Crippen LogP contribution in [0, 0.1) is 0 Å². The molecule has 3 rings (SSSR count). The molecule has 25 heavy (non-hydrogen) atoms. The van der Waals surface area contributed by atoms with Gasteiger partial charge in [0.15, 0.2) is 0 Å². The maximum Gasteiger partial charge on any atom is 0.339 e. The highest BCUT2D eigenvalue weighted by Gasteiger charge is 2.26. The Hall–Kier alpha value is -2.14. The number of anilines is 1. The number of hydrogen-bond acceptors (Lipinski definition) is 5. The Morgan fingerprint density at radius 1 is 1.20 bits per heavy atom. The Bertz CT molecular complexity index is 772. The number of carbonyl (C=O) groups is 1. The Labute approximate surface area is 148 Å². The maximum absolute atomic E-state index is 12.6. The van der Waals surface area contributed by atoms with Crippen LogP contribution in [0.5, 0.6) is 0 Å². The first-order valence-corrected chi connectivity index (χ1v) is 8.74. The molecular weight excluding hydrogens is 316 g/mol. The van der Waals surface area contributed by atoms with Crippen molar-refractivity contribution in [3.05, 3.63) is 36.0 Å². The van der Waals surface area contributed by atoms with E-state index in [9.17, 15) is 4.79 Å². The predicted octanol–water partition coefficient (Wildman–Crippen LogP) is 3.80. The molecular formula is C20H26N2O3. The number of morpholine rings is 1. The first kappa shape index (κ1) is 17.7. The van der Waals surface area contributed by atoms with E-state index < -0.39 is 5.60 Å². The first-order valence-electron chi connectivity index (χ1n) is 8.74. The molecule has 5 nitrogen and oxygen atoms in total. The van der Waals surface area contributed by atoms with Gasteiger partial charge in [-0.15, -0.1) is 0 Å². The number of nitrogens with zero attached hydrogens (tertiary/aromatic N) is 2. The molecule has 0 amide bonds. The minimum Gasteiger partial charge on any atom is -0.456 e. The highest BCUT2D eigenvalue weighted by Crippen LogP contribution is 2.29. The molecule has 1 aromatic heterocycles. The van der Waals surface area contributed by atoms with Gasteiger partial charge in [-0.3, -0.25) is 4.98 Å². The van der Waals surface area contributed by atoms with Crippen molar-refractivity contribution < 1.29 is 14.3 Å². The Kier molecular flexibility index (Phi) is 4.69. The van der Waals surface area contributed by atoms with Gasteiger partial charge in [0.25, 0.3) is 0 Å². The molecule has 0 bridgehead atoms. The van der Waals surface area contributed by atoms with E-state index in [-0.39, 0.29) is 18.1 Å². The number of benzene rings is 1. The van der Waals surface area contributed by atoms with E-state index in [0.29, 0.717) is 18.8 Å². The maximum atomic E-state index is 12.6. The lowest BCUT2D eigenvalue weighted by Crippen LogP contribution is -2.49. The van der Waals surface area contributed by atoms with Gasteiger partial charge in [0.2, 0.25) is 0 Å². The van der Waals surface area contributed by atoms with Gasteiger partial charge < -0.3 is 14.4 Å². The molecule has 0 saturated carbocycles. The summed E-state index contributed by atoms with van der Waals surface area (Å²) in [7, 11) is 0. The van der Waals surface area contributed by atoms with Crippen molar-refractivity contribution in [2.24, 2.45) is 0 Å². The van der Waals surface area contributed by atoms with Crippen molar-refractivity contribution in [3.63, 3.8) is 0 Å². The monoisotopic (exact) mass is 342 g/mol. The Balaban J connectivity index is 2.04. The molecule has 0 spiro atoms. The second kappa shape index (κ2) is 6.64. The van der Waals surface area contributed by atoms with Gasteiger partial charge in [-0.2, -0.15) is 0 Å². The topological polar surface area (TPSA) is 51.7 Å². The van der Waals surface area contributed by atoms with Gasteiger partial charge in [0.05, 0.1) is 24.3 Å². The SMILES string of the molecule is C[C@@H]1COC[C@@H](C)N1c1ccc2nccc(C(=O)OC(C)(C)C)c2c1. The quantitative estimate of drug-likeness (QED) is 0.777. The summed E-state index contributed by atoms with van der Waals surface area (Å²) in [6.45, 7) is 11.3. The van der Waals surface area contributed by atoms with Crippen LogP contribution in [0.15, 0.2) is 30.5 Å². The number of hydrogen-bond donors (Lipinski definition) is 0. The third kappa shape index (κ3) is 3.76. The lowest BCUT2D eigenvalue weighted by Gasteiger charge is -2.40. The number of fused-ring (bicyclic) bond motifs is 1. The van der Waals surface area contributed by atoms with Crippen molar-refractivity contribution >= 4 is 22.6 Å². The molecule has 1 fully saturated rings. The van der Waals surface area contributed by atoms with Gasteiger partial charge in [0.1, 0.15) is 5.60 Å². The molecule has 5 heteroatoms. The van der Waals surface area contributed by atoms with Crippen LogP contribution in [0.2, 0.25) is 0 Å². The second-order valence-corrected chi connectivity index (χ2v) is 7.70. The largest absolute Gasteiger partial charge is 0.456 e. The van der Waals surface area contributed by atoms with Crippen LogP contribution in [-0.2, 0) is 9.47 Å². The van der Waals surface area contributed by atoms with Gasteiger partial charge in [-0.05, 0) is 58.9 Å². The summed E-state index contributed by atoms with van der Waals surface area (Å²) in [5.74, 6) is -0.319. The molecule has 0 unspecified atom stereocenters. The van der Waals surface area contributed by atoms with Crippen LogP contribution in [0.4, 0.5) is 5.69 Å². The smallest absolute Gasteiger partial charge is 0.339 e. The third-order valence-corrected chi connectivity index (χ3v) is 4.31. The molecule has 0 radical (unpaired) electrons. The van der Waals surface area contributed by atoms with Crippen LogP contribution in [-0.4, -0.2) is 41.9 Å². The van der Waals surface area contributed by atoms with Crippen LogP contribution in [0.3, 0.4) is 0 Å². The zero-order valence-corrected chi connectivity index (χ0v) is 15.6. The number of aromatic nitrogens is 1. The standard InChI is InChI=1S/C20H26N2O3/c1-13-11-24-12-14(2)22(13)15-6-7-18-17(10-15)16(8-9-21-18)19(23)25-20(3,4)5/h6-10,13-14H,11-12H2,1-5H3/t13-,14-/m1/s1. The van der Waals surface area contributed by atoms with Crippen LogP contribution in [0.1, 0.15) is 45.0 Å². The van der Waals surface area contributed by atoms with Crippen molar-refractivity contribution in [1.82, 2.24) is 4.98 Å². The van der Waals surface area contributed by atoms with Crippen molar-refractivity contribution in [1.29, 1.82) is 0 Å². The minimum absolute atomic E-state index is 0.280. The average Bonchev–Trinajstić information content (AvgIpc) is 2.52. The van der Waals surface area contributed by atoms with Gasteiger partial charge in [0, 0.05) is 29.4 Å². The first-order chi connectivity index (χ1) is 11.8. The summed E-state index contributed by atoms with van der Waals surface area (Å²) in [6.07, 6.45) is 1.65. The molecule has 1 saturated heterocycles. The Morgan fingerprint density at radius 2 is 1.88 bits per heavy atom. The van der Waals surface area contributed by atoms with E-state index in [1.165, 1.54) is 0 Å². The highest BCUT2D eigenvalue weighted by molar-refractivity contribution is 6.04. The van der Waals surface area contributed by atoms with Crippen molar-refractivity contribution in [3.8, 4) is 0 Å². The minimum atomic E-state index is -0.530. The van der Waals surface area contributed by atoms with Crippen LogP contribution in [0.25, 0.3) is 10.9 Å². The fourth-order valence-corrected chi connectivity index (χ4v) is 3.32. The summed E-state index contributed by atoms with van der Waals surface area (Å²) >= 11 is 0. The molecule has 2 aromatic rings. The second-order valence-electron chi connectivity index (χ2n) is 7.70. The lowest BCUT2D eigenvalue weighted by atomic mass is 10.1. The third-order valence-electron chi connectivity index (χ3n) is 4.31. The average molecular weight is 342 g/mol. The number of pyridine rings is 1. The number of carbonyl (C=O) groups excluding carboxylic acids is 1. The number of esters is 1. The van der Waals surface area contributed by atoms with E-state index in [1.54, 1.807) is 12.3 Å². The molecule has 134 valence electrons. The normalized spacial score (nSPS) is 21.4. The zero-order chi connectivity index (χ0) is 18.2. The summed E-state index contributed by atoms with van der Waals surface area (Å²) in [6, 6.07) is 8.36. The molecule has 0 N–H and O–H groups in total. The zero-order valence-electron chi connectivity index (χ0n) is 15.6. The molecule has 2 atom stereocenters. The van der Waals surface area contributed by atoms with E-state index in [4.69, 9.17) is 9.47 Å². The molecule has 1 aliphatic heterocycles. The summed E-state index contributed by atoms with van der Waals surface area (Å²) in [5, 5.41) is 0.820. The molecule has 1 aliphatic rings. The van der Waals surface area contributed by atoms with Crippen molar-refractivity contribution in [2.75, 3.05) is 18.1 Å². The van der Waals surface area contributed by atoms with Gasteiger partial charge in [-0.25, -0.2) is 4.79 Å². The number of ether oxygens (including phenoxy) is 2. The highest BCUT2D eigenvalue weighted by atomic mass is 16.6. The Morgan fingerprint density at radius 3 is 2.52 bits per heavy atom. The summed E-state index contributed by atoms with van der Waals surface area (Å²) < 4.78 is 11.2. The van der Waals surface area contributed by atoms with E-state index >= 15 is 0 Å². The fourth-order valence-electron chi connectivity index (χ4n) is 3.32. The summed E-state index contributed by atoms with van der Waals surface area (Å²) in [5.41, 5.74) is 1.89. The van der Waals surface area contributed by atoms with Crippen LogP contribution < -0.4 is 4.90 Å². The summed E-state index contributed by atoms with van der Waals surface area (Å²) in [4.78, 5) is 19.3. The van der Waals surface area contributed by atoms with Crippen LogP contribution >= 0.6 is 0 Å². The van der Waals surface area contributed by atoms with Crippen molar-refractivity contribution in [2.45, 2.75) is 52.3 Å². The molecule has 2 heterocycles. The fraction of sp³-hybridized carbons (Fsp3) is 0.500. The van der Waals surface area contributed by atoms with Gasteiger partial charge in [-0.1, -0.05) is 0 Å². The lowest BCUT2D eigenvalue weighted by molar-refractivity contribution is 0.00718. The van der Waals surface area contributed by atoms with E-state index in [1.807, 2.05) is 32.9 Å². The molecule has 0 aliphatic carbocycles. The molecule has 1 aromatic carbocycles. The van der Waals surface area contributed by atoms with Gasteiger partial charge >= 0.3 is 5.97 Å². The predicted molar refractivity (Wildman–Crippen MR) is 99.1 cm³/mol.